The third-order valence-corrected chi connectivity index (χ3v) is 2.17. The summed E-state index contributed by atoms with van der Waals surface area (Å²) in [5.74, 6) is 2.86. The van der Waals surface area contributed by atoms with Crippen LogP contribution in [0.15, 0.2) is 47.5 Å². The fraction of sp³-hybridized carbons (Fsp3) is 0.0769. The van der Waals surface area contributed by atoms with Gasteiger partial charge < -0.3 is 0 Å². The maximum atomic E-state index is 3.83. The first-order valence-corrected chi connectivity index (χ1v) is 4.57. The van der Waals surface area contributed by atoms with Crippen molar-refractivity contribution in [1.82, 2.24) is 0 Å². The molecule has 0 N–H and O–H groups in total. The average molecular weight is 181 g/mol. The van der Waals surface area contributed by atoms with Crippen molar-refractivity contribution < 1.29 is 0 Å². The lowest BCUT2D eigenvalue weighted by Gasteiger charge is -1.99. The monoisotopic (exact) mass is 181 g/mol. The molecule has 0 bridgehead atoms. The van der Waals surface area contributed by atoms with Gasteiger partial charge in [0.2, 0.25) is 0 Å². The molecule has 0 aliphatic heterocycles. The van der Waals surface area contributed by atoms with Gasteiger partial charge >= 0.3 is 0 Å². The van der Waals surface area contributed by atoms with Gasteiger partial charge in [0, 0.05) is 13.1 Å². The van der Waals surface area contributed by atoms with Gasteiger partial charge in [0.05, 0.1) is 0 Å². The zero-order valence-electron chi connectivity index (χ0n) is 8.07. The molecule has 0 amide bonds. The minimum atomic E-state index is 1.16. The van der Waals surface area contributed by atoms with Gasteiger partial charge in [-0.1, -0.05) is 42.5 Å². The van der Waals surface area contributed by atoms with E-state index in [1.807, 2.05) is 24.3 Å². The van der Waals surface area contributed by atoms with Gasteiger partial charge in [-0.05, 0) is 22.2 Å². The first-order valence-electron chi connectivity index (χ1n) is 4.57. The Kier molecular flexibility index (Phi) is 2.44. The summed E-state index contributed by atoms with van der Waals surface area (Å²) in [6, 6.07) is 14.5. The largest absolute Gasteiger partial charge is 0.246 e. The summed E-state index contributed by atoms with van der Waals surface area (Å²) in [4.78, 5) is 3.83. The standard InChI is InChI=1S/C13H11N/c1-14-10-9-12-7-4-6-11-5-2-3-8-13(11)12/h2-9H,1H3. The molecule has 2 aromatic rings. The van der Waals surface area contributed by atoms with E-state index in [2.05, 4.69) is 35.1 Å². The highest BCUT2D eigenvalue weighted by Crippen LogP contribution is 2.18. The van der Waals surface area contributed by atoms with Crippen molar-refractivity contribution in [3.05, 3.63) is 48.0 Å². The van der Waals surface area contributed by atoms with Crippen molar-refractivity contribution in [2.45, 2.75) is 0 Å². The van der Waals surface area contributed by atoms with Crippen LogP contribution in [0.5, 0.6) is 0 Å². The van der Waals surface area contributed by atoms with E-state index < -0.39 is 0 Å². The molecule has 1 heteroatoms. The second-order valence-electron chi connectivity index (χ2n) is 3.07. The Bertz CT molecular complexity index is 500. The molecule has 0 aliphatic carbocycles. The Morgan fingerprint density at radius 3 is 2.71 bits per heavy atom. The van der Waals surface area contributed by atoms with Crippen LogP contribution in [0.3, 0.4) is 0 Å². The van der Waals surface area contributed by atoms with Gasteiger partial charge in [0.15, 0.2) is 0 Å². The number of rotatable bonds is 1. The van der Waals surface area contributed by atoms with Crippen molar-refractivity contribution >= 4 is 22.7 Å². The van der Waals surface area contributed by atoms with Crippen LogP contribution in [-0.4, -0.2) is 12.9 Å². The molecule has 0 aliphatic rings. The number of hydrogen-bond acceptors (Lipinski definition) is 1. The number of hydrogen-bond donors (Lipinski definition) is 0. The first-order chi connectivity index (χ1) is 6.92. The molecule has 14 heavy (non-hydrogen) atoms. The second-order valence-corrected chi connectivity index (χ2v) is 3.07. The van der Waals surface area contributed by atoms with Crippen molar-refractivity contribution in [3.8, 4) is 0 Å². The minimum absolute atomic E-state index is 1.16. The minimum Gasteiger partial charge on any atom is -0.246 e. The molecule has 0 spiro atoms. The van der Waals surface area contributed by atoms with E-state index in [-0.39, 0.29) is 0 Å². The first kappa shape index (κ1) is 8.74. The van der Waals surface area contributed by atoms with Gasteiger partial charge in [-0.15, -0.1) is 0 Å². The topological polar surface area (TPSA) is 12.4 Å². The molecule has 0 fully saturated rings. The number of nitrogens with zero attached hydrogens (tertiary/aromatic N) is 1. The lowest BCUT2D eigenvalue weighted by Crippen LogP contribution is -1.77. The van der Waals surface area contributed by atoms with Crippen LogP contribution < -0.4 is 0 Å². The highest BCUT2D eigenvalue weighted by Gasteiger charge is 1.94. The van der Waals surface area contributed by atoms with Gasteiger partial charge in [0.25, 0.3) is 0 Å². The quantitative estimate of drug-likeness (QED) is 0.599. The van der Waals surface area contributed by atoms with Crippen LogP contribution >= 0.6 is 0 Å². The Hall–Kier alpha value is -1.85. The molecule has 0 atom stereocenters. The van der Waals surface area contributed by atoms with Crippen LogP contribution in [0.1, 0.15) is 5.56 Å². The smallest absolute Gasteiger partial charge is 0.0372 e. The Morgan fingerprint density at radius 1 is 1.07 bits per heavy atom. The lowest BCUT2D eigenvalue weighted by atomic mass is 10.1. The third-order valence-electron chi connectivity index (χ3n) is 2.17. The predicted octanol–water partition coefficient (Wildman–Crippen LogP) is 3.15. The molecule has 0 aromatic heterocycles. The van der Waals surface area contributed by atoms with Crippen molar-refractivity contribution in [2.75, 3.05) is 7.05 Å². The van der Waals surface area contributed by atoms with Crippen LogP contribution in [-0.2, 0) is 0 Å². The summed E-state index contributed by atoms with van der Waals surface area (Å²) >= 11 is 0. The maximum absolute atomic E-state index is 3.83. The predicted molar refractivity (Wildman–Crippen MR) is 61.8 cm³/mol. The Balaban J connectivity index is 2.71. The molecular formula is C13H11N. The van der Waals surface area contributed by atoms with Crippen LogP contribution in [0.2, 0.25) is 0 Å². The molecule has 0 radical (unpaired) electrons. The summed E-state index contributed by atoms with van der Waals surface area (Å²) in [5.41, 5.74) is 1.16. The van der Waals surface area contributed by atoms with Crippen LogP contribution in [0, 0.1) is 0 Å². The zero-order valence-corrected chi connectivity index (χ0v) is 8.07. The highest BCUT2D eigenvalue weighted by atomic mass is 14.6. The van der Waals surface area contributed by atoms with Gasteiger partial charge in [-0.25, -0.2) is 4.99 Å². The summed E-state index contributed by atoms with van der Waals surface area (Å²) < 4.78 is 0. The SMILES string of the molecule is CN=C=Cc1cccc2ccccc12. The molecule has 0 unspecified atom stereocenters. The Morgan fingerprint density at radius 2 is 1.86 bits per heavy atom. The molecule has 68 valence electrons. The Labute approximate surface area is 83.4 Å². The van der Waals surface area contributed by atoms with E-state index in [1.54, 1.807) is 7.05 Å². The lowest BCUT2D eigenvalue weighted by molar-refractivity contribution is 1.49. The normalized spacial score (nSPS) is 9.50. The number of fused-ring (bicyclic) bond motifs is 1. The van der Waals surface area contributed by atoms with Crippen molar-refractivity contribution in [1.29, 1.82) is 0 Å². The molecule has 0 heterocycles. The summed E-state index contributed by atoms with van der Waals surface area (Å²) in [7, 11) is 1.72. The van der Waals surface area contributed by atoms with Gasteiger partial charge in [-0.2, -0.15) is 0 Å². The van der Waals surface area contributed by atoms with Crippen LogP contribution in [0.4, 0.5) is 0 Å². The zero-order chi connectivity index (χ0) is 9.80. The molecule has 0 saturated heterocycles. The molecular weight excluding hydrogens is 170 g/mol. The summed E-state index contributed by atoms with van der Waals surface area (Å²) in [6.07, 6.45) is 1.91. The molecule has 2 rings (SSSR count). The van der Waals surface area contributed by atoms with E-state index in [9.17, 15) is 0 Å². The van der Waals surface area contributed by atoms with E-state index in [0.29, 0.717) is 0 Å². The highest BCUT2D eigenvalue weighted by molar-refractivity contribution is 5.95. The molecule has 1 nitrogen and oxygen atoms in total. The molecule has 0 saturated carbocycles. The fourth-order valence-electron chi connectivity index (χ4n) is 1.51. The van der Waals surface area contributed by atoms with Crippen molar-refractivity contribution in [3.63, 3.8) is 0 Å². The van der Waals surface area contributed by atoms with Crippen molar-refractivity contribution in [2.24, 2.45) is 4.99 Å². The van der Waals surface area contributed by atoms with E-state index in [1.165, 1.54) is 10.8 Å². The fourth-order valence-corrected chi connectivity index (χ4v) is 1.51. The summed E-state index contributed by atoms with van der Waals surface area (Å²) in [5, 5.41) is 2.49. The molecule has 2 aromatic carbocycles. The van der Waals surface area contributed by atoms with E-state index >= 15 is 0 Å². The average Bonchev–Trinajstić information content (AvgIpc) is 2.26. The second kappa shape index (κ2) is 3.91. The summed E-state index contributed by atoms with van der Waals surface area (Å²) in [6.45, 7) is 0. The maximum Gasteiger partial charge on any atom is 0.0372 e. The third kappa shape index (κ3) is 1.59. The number of aliphatic imine (C=N–C) groups is 1. The van der Waals surface area contributed by atoms with Crippen LogP contribution in [0.25, 0.3) is 16.8 Å². The van der Waals surface area contributed by atoms with Gasteiger partial charge in [-0.3, -0.25) is 0 Å². The van der Waals surface area contributed by atoms with E-state index in [0.717, 1.165) is 5.56 Å². The van der Waals surface area contributed by atoms with Gasteiger partial charge in [0.1, 0.15) is 0 Å². The van der Waals surface area contributed by atoms with E-state index in [4.69, 9.17) is 0 Å². The number of benzene rings is 2.